The van der Waals surface area contributed by atoms with E-state index in [0.717, 1.165) is 5.16 Å². The quantitative estimate of drug-likeness (QED) is 0.584. The molecule has 0 bridgehead atoms. The highest BCUT2D eigenvalue weighted by Gasteiger charge is 2.63. The SMILES string of the molecule is CC[C]([Si](OC)(OC)OC)[Si](OC)(OC)OC. The molecule has 0 aliphatic carbocycles. The van der Waals surface area contributed by atoms with Gasteiger partial charge in [-0.3, -0.25) is 0 Å². The summed E-state index contributed by atoms with van der Waals surface area (Å²) in [5, 5.41) is 0.810. The van der Waals surface area contributed by atoms with Gasteiger partial charge in [0.2, 0.25) is 0 Å². The van der Waals surface area contributed by atoms with Crippen LogP contribution in [-0.4, -0.2) is 60.3 Å². The maximum absolute atomic E-state index is 5.45. The van der Waals surface area contributed by atoms with Crippen molar-refractivity contribution in [2.45, 2.75) is 13.3 Å². The molecule has 0 aliphatic heterocycles. The maximum Gasteiger partial charge on any atom is 0.511 e. The molecule has 0 heterocycles. The van der Waals surface area contributed by atoms with E-state index >= 15 is 0 Å². The molecule has 17 heavy (non-hydrogen) atoms. The van der Waals surface area contributed by atoms with Crippen molar-refractivity contribution in [2.75, 3.05) is 42.7 Å². The van der Waals surface area contributed by atoms with Gasteiger partial charge in [-0.05, 0) is 6.42 Å². The molecule has 0 amide bonds. The van der Waals surface area contributed by atoms with Crippen LogP contribution >= 0.6 is 0 Å². The van der Waals surface area contributed by atoms with E-state index in [1.54, 1.807) is 42.7 Å². The maximum atomic E-state index is 5.45. The molecule has 0 saturated heterocycles. The van der Waals surface area contributed by atoms with Crippen LogP contribution in [0.1, 0.15) is 13.3 Å². The van der Waals surface area contributed by atoms with Crippen LogP contribution in [-0.2, 0) is 26.6 Å². The zero-order valence-electron chi connectivity index (χ0n) is 11.7. The number of hydrogen-bond donors (Lipinski definition) is 0. The monoisotopic (exact) mass is 283 g/mol. The van der Waals surface area contributed by atoms with E-state index in [4.69, 9.17) is 26.6 Å². The van der Waals surface area contributed by atoms with Gasteiger partial charge >= 0.3 is 17.6 Å². The van der Waals surface area contributed by atoms with Crippen molar-refractivity contribution < 1.29 is 26.6 Å². The van der Waals surface area contributed by atoms with Crippen molar-refractivity contribution in [2.24, 2.45) is 0 Å². The van der Waals surface area contributed by atoms with E-state index in [-0.39, 0.29) is 0 Å². The molecule has 8 heteroatoms. The molecular weight excluding hydrogens is 260 g/mol. The Morgan fingerprint density at radius 1 is 0.647 bits per heavy atom. The van der Waals surface area contributed by atoms with Crippen LogP contribution in [0.15, 0.2) is 0 Å². The zero-order chi connectivity index (χ0) is 13.5. The van der Waals surface area contributed by atoms with Gasteiger partial charge in [0.15, 0.2) is 0 Å². The number of rotatable bonds is 9. The van der Waals surface area contributed by atoms with Crippen molar-refractivity contribution in [3.63, 3.8) is 0 Å². The smallest absolute Gasteiger partial charge is 0.377 e. The first-order valence-electron chi connectivity index (χ1n) is 5.23. The third kappa shape index (κ3) is 3.15. The molecule has 6 nitrogen and oxygen atoms in total. The van der Waals surface area contributed by atoms with Crippen molar-refractivity contribution in [3.8, 4) is 0 Å². The highest BCUT2D eigenvalue weighted by Crippen LogP contribution is 2.33. The molecule has 0 atom stereocenters. The van der Waals surface area contributed by atoms with Crippen LogP contribution in [0, 0.1) is 5.16 Å². The topological polar surface area (TPSA) is 55.4 Å². The van der Waals surface area contributed by atoms with Gasteiger partial charge in [-0.1, -0.05) is 6.92 Å². The van der Waals surface area contributed by atoms with Gasteiger partial charge in [0.05, 0.1) is 0 Å². The molecule has 0 aromatic rings. The summed E-state index contributed by atoms with van der Waals surface area (Å²) in [5.74, 6) is 0. The summed E-state index contributed by atoms with van der Waals surface area (Å²) in [6.45, 7) is 1.97. The molecular formula is C9H23O6Si2. The Hall–Kier alpha value is 0.194. The van der Waals surface area contributed by atoms with E-state index in [1.807, 2.05) is 6.92 Å². The fourth-order valence-electron chi connectivity index (χ4n) is 1.86. The van der Waals surface area contributed by atoms with Crippen LogP contribution in [0.4, 0.5) is 0 Å². The summed E-state index contributed by atoms with van der Waals surface area (Å²) >= 11 is 0. The average Bonchev–Trinajstić information content (AvgIpc) is 2.40. The molecule has 0 aromatic carbocycles. The first-order valence-corrected chi connectivity index (χ1v) is 8.68. The highest BCUT2D eigenvalue weighted by molar-refractivity contribution is 6.89. The molecule has 0 saturated carbocycles. The summed E-state index contributed by atoms with van der Waals surface area (Å²) in [5.41, 5.74) is 0. The first kappa shape index (κ1) is 17.2. The first-order chi connectivity index (χ1) is 8.06. The molecule has 0 rings (SSSR count). The van der Waals surface area contributed by atoms with Crippen LogP contribution in [0.25, 0.3) is 0 Å². The van der Waals surface area contributed by atoms with E-state index in [2.05, 4.69) is 0 Å². The lowest BCUT2D eigenvalue weighted by molar-refractivity contribution is 0.0982. The average molecular weight is 283 g/mol. The Balaban J connectivity index is 5.39. The van der Waals surface area contributed by atoms with Crippen LogP contribution < -0.4 is 0 Å². The second kappa shape index (κ2) is 7.59. The Bertz CT molecular complexity index is 171. The van der Waals surface area contributed by atoms with E-state index in [0.29, 0.717) is 6.42 Å². The lowest BCUT2D eigenvalue weighted by Gasteiger charge is -2.38. The molecule has 0 N–H and O–H groups in total. The van der Waals surface area contributed by atoms with Gasteiger partial charge < -0.3 is 26.6 Å². The molecule has 0 aromatic heterocycles. The lowest BCUT2D eigenvalue weighted by atomic mass is 10.6. The molecule has 0 fully saturated rings. The molecule has 1 radical (unpaired) electrons. The molecule has 103 valence electrons. The van der Waals surface area contributed by atoms with Crippen molar-refractivity contribution in [1.82, 2.24) is 0 Å². The minimum absolute atomic E-state index is 0.642. The normalized spacial score (nSPS) is 13.4. The predicted molar refractivity (Wildman–Crippen MR) is 67.1 cm³/mol. The Labute approximate surface area is 106 Å². The highest BCUT2D eigenvalue weighted by atomic mass is 28.5. The molecule has 0 aliphatic rings. The van der Waals surface area contributed by atoms with Gasteiger partial charge in [0, 0.05) is 42.7 Å². The number of hydrogen-bond acceptors (Lipinski definition) is 6. The van der Waals surface area contributed by atoms with E-state index < -0.39 is 17.6 Å². The summed E-state index contributed by atoms with van der Waals surface area (Å²) in [6, 6.07) is 0. The fraction of sp³-hybridized carbons (Fsp3) is 0.889. The Kier molecular flexibility index (Phi) is 7.68. The Morgan fingerprint density at radius 3 is 1.00 bits per heavy atom. The van der Waals surface area contributed by atoms with Gasteiger partial charge in [0.25, 0.3) is 0 Å². The Morgan fingerprint density at radius 2 is 0.882 bits per heavy atom. The third-order valence-electron chi connectivity index (χ3n) is 2.71. The molecule has 0 spiro atoms. The predicted octanol–water partition coefficient (Wildman–Crippen LogP) is 0.805. The minimum Gasteiger partial charge on any atom is -0.377 e. The largest absolute Gasteiger partial charge is 0.511 e. The van der Waals surface area contributed by atoms with E-state index in [1.165, 1.54) is 0 Å². The van der Waals surface area contributed by atoms with Gasteiger partial charge in [-0.25, -0.2) is 0 Å². The van der Waals surface area contributed by atoms with Crippen LogP contribution in [0.2, 0.25) is 0 Å². The molecule has 0 unspecified atom stereocenters. The second-order valence-electron chi connectivity index (χ2n) is 3.17. The van der Waals surface area contributed by atoms with E-state index in [9.17, 15) is 0 Å². The van der Waals surface area contributed by atoms with Crippen LogP contribution in [0.3, 0.4) is 0 Å². The van der Waals surface area contributed by atoms with Crippen molar-refractivity contribution in [3.05, 3.63) is 5.16 Å². The summed E-state index contributed by atoms with van der Waals surface area (Å²) < 4.78 is 32.7. The summed E-state index contributed by atoms with van der Waals surface area (Å²) in [6.07, 6.45) is 0.642. The van der Waals surface area contributed by atoms with Gasteiger partial charge in [0.1, 0.15) is 5.16 Å². The fourth-order valence-corrected chi connectivity index (χ4v) is 8.54. The zero-order valence-corrected chi connectivity index (χ0v) is 13.7. The third-order valence-corrected chi connectivity index (χ3v) is 9.95. The van der Waals surface area contributed by atoms with Crippen molar-refractivity contribution >= 4 is 17.6 Å². The van der Waals surface area contributed by atoms with Gasteiger partial charge in [-0.15, -0.1) is 0 Å². The second-order valence-corrected chi connectivity index (χ2v) is 9.55. The van der Waals surface area contributed by atoms with Crippen molar-refractivity contribution in [1.29, 1.82) is 0 Å². The minimum atomic E-state index is -2.94. The summed E-state index contributed by atoms with van der Waals surface area (Å²) in [7, 11) is 3.42. The van der Waals surface area contributed by atoms with Gasteiger partial charge in [-0.2, -0.15) is 0 Å². The summed E-state index contributed by atoms with van der Waals surface area (Å²) in [4.78, 5) is 0. The lowest BCUT2D eigenvalue weighted by Crippen LogP contribution is -2.64. The van der Waals surface area contributed by atoms with Crippen LogP contribution in [0.5, 0.6) is 0 Å². The standard InChI is InChI=1S/C9H23O6Si2/c1-8-9(16(10-2,11-3)12-4)17(13-5,14-6)15-7/h8H2,1-7H3.